The van der Waals surface area contributed by atoms with E-state index in [2.05, 4.69) is 37.3 Å². The fraction of sp³-hybridized carbons (Fsp3) is 0.250. The molecule has 0 radical (unpaired) electrons. The second kappa shape index (κ2) is 3.87. The molecular formula is C8H10Ti. The Morgan fingerprint density at radius 1 is 1.22 bits per heavy atom. The van der Waals surface area contributed by atoms with Gasteiger partial charge in [-0.15, -0.1) is 0 Å². The van der Waals surface area contributed by atoms with Gasteiger partial charge >= 0.3 is 65.0 Å². The van der Waals surface area contributed by atoms with Crippen molar-refractivity contribution < 1.29 is 19.2 Å². The van der Waals surface area contributed by atoms with Crippen molar-refractivity contribution in [3.8, 4) is 0 Å². The van der Waals surface area contributed by atoms with Crippen LogP contribution in [0.5, 0.6) is 0 Å². The van der Waals surface area contributed by atoms with Crippen molar-refractivity contribution in [3.05, 3.63) is 30.3 Å². The molecule has 0 aliphatic carbocycles. The van der Waals surface area contributed by atoms with Crippen LogP contribution in [-0.4, -0.2) is 0 Å². The first-order chi connectivity index (χ1) is 4.43. The zero-order chi connectivity index (χ0) is 6.53. The molecule has 0 unspecified atom stereocenters. The van der Waals surface area contributed by atoms with Gasteiger partial charge in [-0.2, -0.15) is 0 Å². The third kappa shape index (κ3) is 2.34. The minimum atomic E-state index is 0.210. The average molecular weight is 154 g/mol. The molecule has 0 fully saturated rings. The van der Waals surface area contributed by atoms with Crippen molar-refractivity contribution in [3.63, 3.8) is 0 Å². The van der Waals surface area contributed by atoms with Crippen molar-refractivity contribution in [2.45, 2.75) is 11.6 Å². The van der Waals surface area contributed by atoms with Crippen LogP contribution in [0.3, 0.4) is 0 Å². The predicted molar refractivity (Wildman–Crippen MR) is 36.6 cm³/mol. The molecule has 1 rings (SSSR count). The zero-order valence-corrected chi connectivity index (χ0v) is 7.16. The first-order valence-corrected chi connectivity index (χ1v) is 5.11. The van der Waals surface area contributed by atoms with Crippen LogP contribution in [-0.2, 0) is 19.2 Å². The average Bonchev–Trinajstić information content (AvgIpc) is 1.91. The second-order valence-corrected chi connectivity index (χ2v) is 4.45. The number of rotatable bonds is 2. The van der Waals surface area contributed by atoms with Crippen LogP contribution in [0.2, 0.25) is 4.73 Å². The van der Waals surface area contributed by atoms with Crippen molar-refractivity contribution >= 4 is 3.87 Å². The molecular weight excluding hydrogens is 144 g/mol. The molecule has 1 aromatic rings. The number of benzene rings is 1. The third-order valence-electron chi connectivity index (χ3n) is 1.15. The van der Waals surface area contributed by atoms with Crippen LogP contribution in [0, 0.1) is 0 Å². The molecule has 1 heteroatoms. The summed E-state index contributed by atoms with van der Waals surface area (Å²) in [4.78, 5) is 0. The Labute approximate surface area is 65.2 Å². The van der Waals surface area contributed by atoms with E-state index in [1.807, 2.05) is 0 Å². The van der Waals surface area contributed by atoms with Gasteiger partial charge in [0.25, 0.3) is 0 Å². The summed E-state index contributed by atoms with van der Waals surface area (Å²) in [7, 11) is 0. The van der Waals surface area contributed by atoms with Crippen LogP contribution in [0.15, 0.2) is 30.3 Å². The Balaban J connectivity index is 2.61. The van der Waals surface area contributed by atoms with Crippen molar-refractivity contribution in [2.75, 3.05) is 0 Å². The monoisotopic (exact) mass is 154 g/mol. The molecule has 46 valence electrons. The van der Waals surface area contributed by atoms with E-state index >= 15 is 0 Å². The molecule has 0 saturated carbocycles. The molecule has 0 atom stereocenters. The van der Waals surface area contributed by atoms with E-state index < -0.39 is 0 Å². The van der Waals surface area contributed by atoms with E-state index in [1.54, 1.807) is 3.87 Å². The summed E-state index contributed by atoms with van der Waals surface area (Å²) in [6.45, 7) is 2.26. The standard InChI is InChI=1S/C6H5.C2H5.Ti/c1-2-4-6-5-3-1;1-2;/h1-5H;1H2,2H3;. The summed E-state index contributed by atoms with van der Waals surface area (Å²) in [5.74, 6) is 0. The van der Waals surface area contributed by atoms with E-state index in [0.717, 1.165) is 0 Å². The molecule has 0 nitrogen and oxygen atoms in total. The maximum absolute atomic E-state index is 2.26. The Kier molecular flexibility index (Phi) is 3.03. The van der Waals surface area contributed by atoms with Gasteiger partial charge in [-0.3, -0.25) is 0 Å². The topological polar surface area (TPSA) is 0 Å². The van der Waals surface area contributed by atoms with Gasteiger partial charge < -0.3 is 0 Å². The Hall–Kier alpha value is -0.0657. The van der Waals surface area contributed by atoms with Gasteiger partial charge in [-0.1, -0.05) is 0 Å². The summed E-state index contributed by atoms with van der Waals surface area (Å²) < 4.78 is 2.93. The van der Waals surface area contributed by atoms with E-state index in [4.69, 9.17) is 0 Å². The van der Waals surface area contributed by atoms with Crippen molar-refractivity contribution in [1.29, 1.82) is 0 Å². The molecule has 0 amide bonds. The molecule has 0 bridgehead atoms. The van der Waals surface area contributed by atoms with Crippen LogP contribution in [0.1, 0.15) is 6.92 Å². The summed E-state index contributed by atoms with van der Waals surface area (Å²) >= 11 is 0.210. The Morgan fingerprint density at radius 3 is 2.44 bits per heavy atom. The van der Waals surface area contributed by atoms with Gasteiger partial charge in [0.15, 0.2) is 0 Å². The van der Waals surface area contributed by atoms with Crippen LogP contribution in [0.25, 0.3) is 0 Å². The second-order valence-electron chi connectivity index (χ2n) is 1.90. The van der Waals surface area contributed by atoms with E-state index in [0.29, 0.717) is 0 Å². The van der Waals surface area contributed by atoms with E-state index in [-0.39, 0.29) is 19.2 Å². The minimum absolute atomic E-state index is 0.210. The fourth-order valence-corrected chi connectivity index (χ4v) is 2.07. The van der Waals surface area contributed by atoms with Gasteiger partial charge in [0.05, 0.1) is 0 Å². The Bertz CT molecular complexity index is 157. The van der Waals surface area contributed by atoms with Crippen molar-refractivity contribution in [2.24, 2.45) is 0 Å². The Morgan fingerprint density at radius 2 is 1.89 bits per heavy atom. The molecule has 0 aliphatic heterocycles. The SMILES string of the molecule is C[CH2][Ti][c]1ccccc1. The van der Waals surface area contributed by atoms with E-state index in [9.17, 15) is 0 Å². The number of hydrogen-bond acceptors (Lipinski definition) is 0. The van der Waals surface area contributed by atoms with E-state index in [1.165, 1.54) is 4.73 Å². The van der Waals surface area contributed by atoms with Gasteiger partial charge in [0.2, 0.25) is 0 Å². The maximum atomic E-state index is 2.26. The molecule has 1 aromatic carbocycles. The first kappa shape index (κ1) is 7.05. The number of hydrogen-bond donors (Lipinski definition) is 0. The van der Waals surface area contributed by atoms with Gasteiger partial charge in [-0.25, -0.2) is 0 Å². The summed E-state index contributed by atoms with van der Waals surface area (Å²) in [6.07, 6.45) is 0. The molecule has 0 aromatic heterocycles. The van der Waals surface area contributed by atoms with Crippen LogP contribution < -0.4 is 3.87 Å². The van der Waals surface area contributed by atoms with Crippen molar-refractivity contribution in [1.82, 2.24) is 0 Å². The normalized spacial score (nSPS) is 9.00. The molecule has 0 aliphatic rings. The van der Waals surface area contributed by atoms with Gasteiger partial charge in [-0.05, 0) is 0 Å². The summed E-state index contributed by atoms with van der Waals surface area (Å²) in [5.41, 5.74) is 0. The quantitative estimate of drug-likeness (QED) is 0.570. The van der Waals surface area contributed by atoms with Crippen LogP contribution >= 0.6 is 0 Å². The molecule has 9 heavy (non-hydrogen) atoms. The van der Waals surface area contributed by atoms with Crippen LogP contribution in [0.4, 0.5) is 0 Å². The molecule has 0 N–H and O–H groups in total. The zero-order valence-electron chi connectivity index (χ0n) is 5.59. The first-order valence-electron chi connectivity index (χ1n) is 3.22. The van der Waals surface area contributed by atoms with Gasteiger partial charge in [0, 0.05) is 0 Å². The third-order valence-corrected chi connectivity index (χ3v) is 2.86. The summed E-state index contributed by atoms with van der Waals surface area (Å²) in [6, 6.07) is 10.8. The predicted octanol–water partition coefficient (Wildman–Crippen LogP) is 1.83. The van der Waals surface area contributed by atoms with Gasteiger partial charge in [0.1, 0.15) is 0 Å². The molecule has 0 saturated heterocycles. The molecule has 0 heterocycles. The molecule has 0 spiro atoms. The fourth-order valence-electron chi connectivity index (χ4n) is 0.760. The summed E-state index contributed by atoms with van der Waals surface area (Å²) in [5, 5.41) is 0.